The van der Waals surface area contributed by atoms with Crippen LogP contribution in [-0.2, 0) is 10.0 Å². The lowest BCUT2D eigenvalue weighted by atomic mass is 10.2. The number of sulfonamides is 1. The van der Waals surface area contributed by atoms with Crippen molar-refractivity contribution < 1.29 is 22.0 Å². The average molecular weight is 428 g/mol. The third-order valence-electron chi connectivity index (χ3n) is 4.22. The molecular formula is C22H18F2N2O3S. The highest BCUT2D eigenvalue weighted by Crippen LogP contribution is 2.24. The van der Waals surface area contributed by atoms with Crippen molar-refractivity contribution in [3.63, 3.8) is 0 Å². The Morgan fingerprint density at radius 2 is 1.67 bits per heavy atom. The monoisotopic (exact) mass is 428 g/mol. The van der Waals surface area contributed by atoms with Gasteiger partial charge in [0.05, 0.1) is 22.8 Å². The van der Waals surface area contributed by atoms with E-state index in [1.807, 2.05) is 0 Å². The maximum atomic E-state index is 13.7. The zero-order chi connectivity index (χ0) is 21.7. The van der Waals surface area contributed by atoms with Crippen molar-refractivity contribution in [2.45, 2.75) is 4.90 Å². The third kappa shape index (κ3) is 4.55. The number of halogens is 2. The van der Waals surface area contributed by atoms with Gasteiger partial charge in [0.25, 0.3) is 15.9 Å². The van der Waals surface area contributed by atoms with Gasteiger partial charge in [0.2, 0.25) is 0 Å². The van der Waals surface area contributed by atoms with Crippen LogP contribution in [-0.4, -0.2) is 20.9 Å². The molecule has 3 rings (SSSR count). The molecule has 0 aliphatic rings. The molecule has 0 fully saturated rings. The number of benzene rings is 3. The normalized spacial score (nSPS) is 11.0. The summed E-state index contributed by atoms with van der Waals surface area (Å²) in [6.07, 6.45) is 1.46. The first-order valence-corrected chi connectivity index (χ1v) is 10.3. The summed E-state index contributed by atoms with van der Waals surface area (Å²) in [5, 5.41) is 2.36. The SMILES string of the molecule is C=CCN(c1ccc(C(=O)Nc2ccc(F)cc2F)cc1)S(=O)(=O)c1ccccc1. The fourth-order valence-corrected chi connectivity index (χ4v) is 4.20. The van der Waals surface area contributed by atoms with Crippen molar-refractivity contribution in [2.24, 2.45) is 0 Å². The van der Waals surface area contributed by atoms with Gasteiger partial charge in [-0.15, -0.1) is 6.58 Å². The van der Waals surface area contributed by atoms with Gasteiger partial charge in [0, 0.05) is 11.6 Å². The number of hydrogen-bond donors (Lipinski definition) is 1. The first kappa shape index (κ1) is 21.2. The van der Waals surface area contributed by atoms with Crippen LogP contribution in [0.5, 0.6) is 0 Å². The molecule has 3 aromatic carbocycles. The average Bonchev–Trinajstić information content (AvgIpc) is 2.74. The zero-order valence-electron chi connectivity index (χ0n) is 15.8. The van der Waals surface area contributed by atoms with Gasteiger partial charge in [-0.2, -0.15) is 0 Å². The molecule has 0 atom stereocenters. The molecule has 0 saturated heterocycles. The number of amides is 1. The molecular weight excluding hydrogens is 410 g/mol. The van der Waals surface area contributed by atoms with Gasteiger partial charge >= 0.3 is 0 Å². The Bertz CT molecular complexity index is 1160. The molecule has 30 heavy (non-hydrogen) atoms. The second-order valence-electron chi connectivity index (χ2n) is 6.26. The lowest BCUT2D eigenvalue weighted by molar-refractivity contribution is 0.102. The van der Waals surface area contributed by atoms with E-state index in [2.05, 4.69) is 11.9 Å². The van der Waals surface area contributed by atoms with Gasteiger partial charge in [-0.25, -0.2) is 17.2 Å². The summed E-state index contributed by atoms with van der Waals surface area (Å²) in [4.78, 5) is 12.5. The third-order valence-corrected chi connectivity index (χ3v) is 6.03. The molecule has 1 N–H and O–H groups in total. The van der Waals surface area contributed by atoms with Crippen LogP contribution < -0.4 is 9.62 Å². The van der Waals surface area contributed by atoms with E-state index < -0.39 is 27.6 Å². The van der Waals surface area contributed by atoms with Crippen molar-refractivity contribution in [1.82, 2.24) is 0 Å². The summed E-state index contributed by atoms with van der Waals surface area (Å²) < 4.78 is 53.8. The van der Waals surface area contributed by atoms with Crippen molar-refractivity contribution in [3.8, 4) is 0 Å². The number of anilines is 2. The lowest BCUT2D eigenvalue weighted by Crippen LogP contribution is -2.31. The summed E-state index contributed by atoms with van der Waals surface area (Å²) in [6.45, 7) is 3.64. The van der Waals surface area contributed by atoms with Gasteiger partial charge in [-0.05, 0) is 48.5 Å². The number of hydrogen-bond acceptors (Lipinski definition) is 3. The van der Waals surface area contributed by atoms with E-state index in [9.17, 15) is 22.0 Å². The van der Waals surface area contributed by atoms with Crippen LogP contribution in [0.3, 0.4) is 0 Å². The molecule has 0 radical (unpaired) electrons. The fraction of sp³-hybridized carbons (Fsp3) is 0.0455. The highest BCUT2D eigenvalue weighted by Gasteiger charge is 2.24. The van der Waals surface area contributed by atoms with E-state index in [1.165, 1.54) is 42.5 Å². The molecule has 1 amide bonds. The minimum absolute atomic E-state index is 0.0313. The topological polar surface area (TPSA) is 66.5 Å². The highest BCUT2D eigenvalue weighted by atomic mass is 32.2. The maximum absolute atomic E-state index is 13.7. The van der Waals surface area contributed by atoms with Crippen LogP contribution in [0.2, 0.25) is 0 Å². The second kappa shape index (κ2) is 8.87. The van der Waals surface area contributed by atoms with E-state index in [1.54, 1.807) is 18.2 Å². The van der Waals surface area contributed by atoms with Crippen molar-refractivity contribution >= 4 is 27.3 Å². The Morgan fingerprint density at radius 1 is 1.00 bits per heavy atom. The maximum Gasteiger partial charge on any atom is 0.264 e. The van der Waals surface area contributed by atoms with E-state index in [0.29, 0.717) is 11.8 Å². The standard InChI is InChI=1S/C22H18F2N2O3S/c1-2-14-26(30(28,29)19-6-4-3-5-7-19)18-11-8-16(9-12-18)22(27)25-21-13-10-17(23)15-20(21)24/h2-13,15H,1,14H2,(H,25,27). The number of rotatable bonds is 7. The molecule has 0 heterocycles. The van der Waals surface area contributed by atoms with Gasteiger partial charge in [0.15, 0.2) is 0 Å². The molecule has 3 aromatic rings. The minimum atomic E-state index is -3.83. The van der Waals surface area contributed by atoms with Crippen LogP contribution in [0.15, 0.2) is 90.3 Å². The van der Waals surface area contributed by atoms with Crippen LogP contribution in [0.25, 0.3) is 0 Å². The molecule has 0 bridgehead atoms. The van der Waals surface area contributed by atoms with E-state index in [-0.39, 0.29) is 22.7 Å². The highest BCUT2D eigenvalue weighted by molar-refractivity contribution is 7.92. The summed E-state index contributed by atoms with van der Waals surface area (Å²) >= 11 is 0. The summed E-state index contributed by atoms with van der Waals surface area (Å²) in [5.74, 6) is -2.27. The van der Waals surface area contributed by atoms with Crippen LogP contribution in [0.4, 0.5) is 20.2 Å². The summed E-state index contributed by atoms with van der Waals surface area (Å²) in [6, 6.07) is 16.6. The first-order valence-electron chi connectivity index (χ1n) is 8.88. The minimum Gasteiger partial charge on any atom is -0.319 e. The molecule has 0 aromatic heterocycles. The number of carbonyl (C=O) groups is 1. The van der Waals surface area contributed by atoms with Crippen molar-refractivity contribution in [2.75, 3.05) is 16.2 Å². The van der Waals surface area contributed by atoms with E-state index in [4.69, 9.17) is 0 Å². The Morgan fingerprint density at radius 3 is 2.27 bits per heavy atom. The lowest BCUT2D eigenvalue weighted by Gasteiger charge is -2.23. The number of carbonyl (C=O) groups excluding carboxylic acids is 1. The Hall–Kier alpha value is -3.52. The van der Waals surface area contributed by atoms with Gasteiger partial charge in [0.1, 0.15) is 11.6 Å². The van der Waals surface area contributed by atoms with Crippen LogP contribution >= 0.6 is 0 Å². The Balaban J connectivity index is 1.85. The van der Waals surface area contributed by atoms with E-state index in [0.717, 1.165) is 16.4 Å². The molecule has 0 aliphatic heterocycles. The quantitative estimate of drug-likeness (QED) is 0.560. The van der Waals surface area contributed by atoms with Crippen LogP contribution in [0, 0.1) is 11.6 Å². The first-order chi connectivity index (χ1) is 14.3. The predicted molar refractivity (Wildman–Crippen MR) is 112 cm³/mol. The van der Waals surface area contributed by atoms with E-state index >= 15 is 0 Å². The Kier molecular flexibility index (Phi) is 6.27. The molecule has 154 valence electrons. The van der Waals surface area contributed by atoms with Gasteiger partial charge in [-0.3, -0.25) is 9.10 Å². The summed E-state index contributed by atoms with van der Waals surface area (Å²) in [5.41, 5.74) is 0.354. The number of nitrogens with one attached hydrogen (secondary N) is 1. The summed E-state index contributed by atoms with van der Waals surface area (Å²) in [7, 11) is -3.83. The van der Waals surface area contributed by atoms with Gasteiger partial charge < -0.3 is 5.32 Å². The van der Waals surface area contributed by atoms with Crippen LogP contribution in [0.1, 0.15) is 10.4 Å². The molecule has 0 aliphatic carbocycles. The molecule has 5 nitrogen and oxygen atoms in total. The largest absolute Gasteiger partial charge is 0.319 e. The predicted octanol–water partition coefficient (Wildman–Crippen LogP) is 4.60. The second-order valence-corrected chi connectivity index (χ2v) is 8.13. The van der Waals surface area contributed by atoms with Gasteiger partial charge in [-0.1, -0.05) is 24.3 Å². The molecule has 0 unspecified atom stereocenters. The fourth-order valence-electron chi connectivity index (χ4n) is 2.74. The molecule has 8 heteroatoms. The van der Waals surface area contributed by atoms with Crippen molar-refractivity contribution in [1.29, 1.82) is 0 Å². The zero-order valence-corrected chi connectivity index (χ0v) is 16.6. The van der Waals surface area contributed by atoms with Crippen molar-refractivity contribution in [3.05, 3.63) is 103 Å². The smallest absolute Gasteiger partial charge is 0.264 e. The number of nitrogens with zero attached hydrogens (tertiary/aromatic N) is 1. The Labute approximate surface area is 173 Å². The molecule has 0 spiro atoms. The molecule has 0 saturated carbocycles.